The lowest BCUT2D eigenvalue weighted by molar-refractivity contribution is -0.121. The molecule has 4 heterocycles. The maximum atomic E-state index is 13.9. The molecular formula is C35H44N8O5. The Morgan fingerprint density at radius 3 is 2.52 bits per heavy atom. The lowest BCUT2D eigenvalue weighted by Crippen LogP contribution is -2.42. The van der Waals surface area contributed by atoms with Gasteiger partial charge in [0.05, 0.1) is 26.8 Å². The normalized spacial score (nSPS) is 18.0. The van der Waals surface area contributed by atoms with Crippen molar-refractivity contribution in [1.82, 2.24) is 35.3 Å². The number of carbonyl (C=O) groups is 2. The molecule has 0 saturated carbocycles. The molecule has 0 aliphatic carbocycles. The number of hydrogen-bond donors (Lipinski definition) is 2. The van der Waals surface area contributed by atoms with Crippen molar-refractivity contribution < 1.29 is 23.8 Å². The summed E-state index contributed by atoms with van der Waals surface area (Å²) in [5.41, 5.74) is 3.21. The summed E-state index contributed by atoms with van der Waals surface area (Å²) in [5.74, 6) is 3.32. The number of benzene rings is 2. The molecule has 1 atom stereocenters. The molecule has 1 unspecified atom stereocenters. The highest BCUT2D eigenvalue weighted by Gasteiger charge is 2.27. The standard InChI is InChI=1S/C35H44N8O5/c1-5-41-15-16-42(35(45)25-10-8-24(9-11-25)33-37-22-38-40-33)14-12-30(44)36-19-23-7-6-13-43(20-23)34-26(21-41)17-27-28(39-34)18-29(46-2)32(48-4)31(27)47-3/h8-11,17-18,22-23H,5-7,12-16,19-21H2,1-4H3,(H,36,44)(H,37,38,40). The van der Waals surface area contributed by atoms with Crippen LogP contribution >= 0.6 is 0 Å². The Kier molecular flexibility index (Phi) is 10.2. The van der Waals surface area contributed by atoms with E-state index in [9.17, 15) is 9.59 Å². The van der Waals surface area contributed by atoms with Gasteiger partial charge in [-0.2, -0.15) is 5.10 Å². The number of H-pyrrole nitrogens is 1. The van der Waals surface area contributed by atoms with Gasteiger partial charge in [-0.3, -0.25) is 19.6 Å². The first kappa shape index (κ1) is 33.0. The summed E-state index contributed by atoms with van der Waals surface area (Å²) in [5, 5.41) is 10.8. The molecule has 2 amide bonds. The lowest BCUT2D eigenvalue weighted by atomic mass is 9.97. The zero-order valence-electron chi connectivity index (χ0n) is 28.1. The summed E-state index contributed by atoms with van der Waals surface area (Å²) in [4.78, 5) is 42.8. The molecule has 2 aromatic carbocycles. The molecule has 4 aromatic rings. The third-order valence-corrected chi connectivity index (χ3v) is 9.33. The second kappa shape index (κ2) is 14.9. The van der Waals surface area contributed by atoms with Crippen LogP contribution in [0.25, 0.3) is 22.3 Å². The first-order chi connectivity index (χ1) is 23.4. The monoisotopic (exact) mass is 656 g/mol. The number of rotatable bonds is 6. The smallest absolute Gasteiger partial charge is 0.253 e. The highest BCUT2D eigenvalue weighted by molar-refractivity contribution is 5.95. The molecule has 13 heteroatoms. The topological polar surface area (TPSA) is 138 Å². The lowest BCUT2D eigenvalue weighted by Gasteiger charge is -2.35. The SMILES string of the molecule is CCN1CCN(C(=O)c2ccc(-c3ncn[nH]3)cc2)CCC(=O)NCC2CCCN(C2)c2nc3cc(OC)c(OC)c(OC)c3cc2C1. The number of carbonyl (C=O) groups excluding carboxylic acids is 2. The van der Waals surface area contributed by atoms with Crippen molar-refractivity contribution in [1.29, 1.82) is 0 Å². The zero-order chi connectivity index (χ0) is 33.6. The summed E-state index contributed by atoms with van der Waals surface area (Å²) in [7, 11) is 4.83. The zero-order valence-corrected chi connectivity index (χ0v) is 28.1. The fourth-order valence-corrected chi connectivity index (χ4v) is 6.68. The maximum Gasteiger partial charge on any atom is 0.253 e. The molecule has 2 bridgehead atoms. The van der Waals surface area contributed by atoms with Gasteiger partial charge < -0.3 is 29.3 Å². The molecular weight excluding hydrogens is 612 g/mol. The molecule has 1 saturated heterocycles. The van der Waals surface area contributed by atoms with E-state index in [1.807, 2.05) is 18.2 Å². The third kappa shape index (κ3) is 7.01. The predicted molar refractivity (Wildman–Crippen MR) is 183 cm³/mol. The van der Waals surface area contributed by atoms with Gasteiger partial charge in [0.25, 0.3) is 5.91 Å². The van der Waals surface area contributed by atoms with Crippen LogP contribution < -0.4 is 24.4 Å². The predicted octanol–water partition coefficient (Wildman–Crippen LogP) is 3.75. The number of piperidine rings is 1. The van der Waals surface area contributed by atoms with E-state index >= 15 is 0 Å². The number of fused-ring (bicyclic) bond motifs is 5. The van der Waals surface area contributed by atoms with Crippen LogP contribution in [0.5, 0.6) is 17.2 Å². The third-order valence-electron chi connectivity index (χ3n) is 9.33. The number of amides is 2. The van der Waals surface area contributed by atoms with Crippen molar-refractivity contribution in [3.05, 3.63) is 53.9 Å². The Labute approximate surface area is 280 Å². The summed E-state index contributed by atoms with van der Waals surface area (Å²) in [6.07, 6.45) is 3.71. The fourth-order valence-electron chi connectivity index (χ4n) is 6.68. The van der Waals surface area contributed by atoms with Crippen LogP contribution in [-0.4, -0.2) is 109 Å². The number of pyridine rings is 1. The van der Waals surface area contributed by atoms with Crippen LogP contribution in [-0.2, 0) is 11.3 Å². The van der Waals surface area contributed by atoms with Crippen LogP contribution in [0.3, 0.4) is 0 Å². The number of nitrogens with one attached hydrogen (secondary N) is 2. The largest absolute Gasteiger partial charge is 0.493 e. The van der Waals surface area contributed by atoms with E-state index < -0.39 is 0 Å². The molecule has 1 fully saturated rings. The summed E-state index contributed by atoms with van der Waals surface area (Å²) < 4.78 is 17.2. The Morgan fingerprint density at radius 2 is 1.81 bits per heavy atom. The van der Waals surface area contributed by atoms with Crippen LogP contribution in [0, 0.1) is 5.92 Å². The van der Waals surface area contributed by atoms with Crippen LogP contribution in [0.2, 0.25) is 0 Å². The molecule has 2 aliphatic heterocycles. The highest BCUT2D eigenvalue weighted by atomic mass is 16.5. The van der Waals surface area contributed by atoms with Crippen LogP contribution in [0.15, 0.2) is 42.7 Å². The van der Waals surface area contributed by atoms with Crippen molar-refractivity contribution in [2.75, 3.05) is 72.0 Å². The van der Waals surface area contributed by atoms with Crippen molar-refractivity contribution in [2.45, 2.75) is 32.7 Å². The van der Waals surface area contributed by atoms with Gasteiger partial charge >= 0.3 is 0 Å². The second-order valence-corrected chi connectivity index (χ2v) is 12.3. The van der Waals surface area contributed by atoms with Crippen molar-refractivity contribution in [3.63, 3.8) is 0 Å². The van der Waals surface area contributed by atoms with E-state index in [2.05, 4.69) is 43.3 Å². The van der Waals surface area contributed by atoms with Crippen molar-refractivity contribution in [3.8, 4) is 28.6 Å². The molecule has 48 heavy (non-hydrogen) atoms. The Bertz CT molecular complexity index is 1730. The van der Waals surface area contributed by atoms with Gasteiger partial charge in [-0.1, -0.05) is 19.1 Å². The van der Waals surface area contributed by atoms with Crippen molar-refractivity contribution >= 4 is 28.5 Å². The van der Waals surface area contributed by atoms with E-state index in [0.29, 0.717) is 61.4 Å². The quantitative estimate of drug-likeness (QED) is 0.316. The van der Waals surface area contributed by atoms with E-state index in [1.54, 1.807) is 38.4 Å². The van der Waals surface area contributed by atoms with Gasteiger partial charge in [-0.25, -0.2) is 9.97 Å². The number of ether oxygens (including phenoxy) is 3. The first-order valence-corrected chi connectivity index (χ1v) is 16.5. The van der Waals surface area contributed by atoms with Gasteiger partial charge in [0, 0.05) is 80.4 Å². The average Bonchev–Trinajstić information content (AvgIpc) is 3.67. The van der Waals surface area contributed by atoms with Gasteiger partial charge in [0.1, 0.15) is 12.1 Å². The van der Waals surface area contributed by atoms with E-state index in [4.69, 9.17) is 19.2 Å². The number of nitrogens with zero attached hydrogens (tertiary/aromatic N) is 6. The molecule has 2 aromatic heterocycles. The highest BCUT2D eigenvalue weighted by Crippen LogP contribution is 2.44. The average molecular weight is 657 g/mol. The molecule has 2 N–H and O–H groups in total. The molecule has 254 valence electrons. The Hall–Kier alpha value is -4.91. The summed E-state index contributed by atoms with van der Waals surface area (Å²) in [6, 6.07) is 11.4. The minimum atomic E-state index is -0.118. The number of anilines is 1. The molecule has 13 nitrogen and oxygen atoms in total. The number of aromatic nitrogens is 4. The molecule has 2 aliphatic rings. The number of aromatic amines is 1. The van der Waals surface area contributed by atoms with E-state index in [0.717, 1.165) is 60.3 Å². The van der Waals surface area contributed by atoms with Crippen LogP contribution in [0.1, 0.15) is 42.1 Å². The Balaban J connectivity index is 1.34. The number of methoxy groups -OCH3 is 3. The van der Waals surface area contributed by atoms with E-state index in [1.165, 1.54) is 6.33 Å². The van der Waals surface area contributed by atoms with Gasteiger partial charge in [-0.05, 0) is 43.5 Å². The maximum absolute atomic E-state index is 13.9. The summed E-state index contributed by atoms with van der Waals surface area (Å²) >= 11 is 0. The van der Waals surface area contributed by atoms with Gasteiger partial charge in [0.15, 0.2) is 17.3 Å². The van der Waals surface area contributed by atoms with E-state index in [-0.39, 0.29) is 24.2 Å². The minimum Gasteiger partial charge on any atom is -0.493 e. The second-order valence-electron chi connectivity index (χ2n) is 12.3. The van der Waals surface area contributed by atoms with Gasteiger partial charge in [0.2, 0.25) is 11.7 Å². The van der Waals surface area contributed by atoms with Crippen LogP contribution in [0.4, 0.5) is 5.82 Å². The Morgan fingerprint density at radius 1 is 1.00 bits per heavy atom. The first-order valence-electron chi connectivity index (χ1n) is 16.5. The summed E-state index contributed by atoms with van der Waals surface area (Å²) in [6.45, 7) is 7.15. The number of likely N-dealkylation sites (N-methyl/N-ethyl adjacent to an activating group) is 1. The molecule has 0 spiro atoms. The van der Waals surface area contributed by atoms with Crippen molar-refractivity contribution in [2.24, 2.45) is 5.92 Å². The number of hydrogen-bond acceptors (Lipinski definition) is 10. The fraction of sp³-hybridized carbons (Fsp3) is 0.457. The minimum absolute atomic E-state index is 0.0505. The molecule has 6 rings (SSSR count). The van der Waals surface area contributed by atoms with Gasteiger partial charge in [-0.15, -0.1) is 0 Å². The molecule has 0 radical (unpaired) electrons.